The normalized spacial score (nSPS) is 12.0. The van der Waals surface area contributed by atoms with Gasteiger partial charge in [-0.05, 0) is 26.0 Å². The number of para-hydroxylation sites is 1. The van der Waals surface area contributed by atoms with E-state index in [1.165, 1.54) is 16.1 Å². The van der Waals surface area contributed by atoms with Gasteiger partial charge in [0.05, 0.1) is 5.75 Å². The number of anilines is 1. The summed E-state index contributed by atoms with van der Waals surface area (Å²) in [5.41, 5.74) is 6.51. The van der Waals surface area contributed by atoms with E-state index in [2.05, 4.69) is 6.58 Å². The minimum absolute atomic E-state index is 0.0650. The van der Waals surface area contributed by atoms with E-state index in [1.807, 2.05) is 38.1 Å². The molecular weight excluding hydrogens is 292 g/mol. The van der Waals surface area contributed by atoms with Gasteiger partial charge in [-0.15, -0.1) is 18.3 Å². The molecule has 0 unspecified atom stereocenters. The molecule has 1 aromatic rings. The summed E-state index contributed by atoms with van der Waals surface area (Å²) in [7, 11) is -3.27. The van der Waals surface area contributed by atoms with E-state index in [9.17, 15) is 8.42 Å². The molecule has 0 saturated heterocycles. The number of nitrogens with zero attached hydrogens (tertiary/aromatic N) is 1. The Morgan fingerprint density at radius 3 is 2.60 bits per heavy atom. The minimum Gasteiger partial charge on any atom is -0.398 e. The van der Waals surface area contributed by atoms with Crippen molar-refractivity contribution in [1.82, 2.24) is 4.31 Å². The van der Waals surface area contributed by atoms with Gasteiger partial charge < -0.3 is 5.73 Å². The number of sulfonamides is 1. The average molecular weight is 314 g/mol. The van der Waals surface area contributed by atoms with Gasteiger partial charge in [-0.1, -0.05) is 18.2 Å². The second-order valence-corrected chi connectivity index (χ2v) is 7.83. The third-order valence-electron chi connectivity index (χ3n) is 2.76. The summed E-state index contributed by atoms with van der Waals surface area (Å²) in [6.45, 7) is 7.68. The fourth-order valence-electron chi connectivity index (χ4n) is 1.76. The first kappa shape index (κ1) is 17.1. The third-order valence-corrected chi connectivity index (χ3v) is 6.11. The van der Waals surface area contributed by atoms with Crippen LogP contribution >= 0.6 is 11.8 Å². The molecule has 112 valence electrons. The molecule has 20 heavy (non-hydrogen) atoms. The zero-order chi connectivity index (χ0) is 15.2. The van der Waals surface area contributed by atoms with Crippen molar-refractivity contribution in [2.45, 2.75) is 24.8 Å². The van der Waals surface area contributed by atoms with Gasteiger partial charge in [-0.3, -0.25) is 0 Å². The molecule has 0 atom stereocenters. The van der Waals surface area contributed by atoms with Gasteiger partial charge in [0, 0.05) is 28.9 Å². The molecule has 0 aliphatic heterocycles. The van der Waals surface area contributed by atoms with Crippen LogP contribution in [0.3, 0.4) is 0 Å². The summed E-state index contributed by atoms with van der Waals surface area (Å²) < 4.78 is 26.0. The average Bonchev–Trinajstić information content (AvgIpc) is 2.37. The second kappa shape index (κ2) is 7.71. The molecule has 0 amide bonds. The Balaban J connectivity index is 2.63. The van der Waals surface area contributed by atoms with Crippen LogP contribution in [0.2, 0.25) is 0 Å². The Morgan fingerprint density at radius 2 is 2.05 bits per heavy atom. The van der Waals surface area contributed by atoms with Crippen molar-refractivity contribution in [3.63, 3.8) is 0 Å². The fraction of sp³-hybridized carbons (Fsp3) is 0.429. The second-order valence-electron chi connectivity index (χ2n) is 4.65. The van der Waals surface area contributed by atoms with E-state index in [1.54, 1.807) is 6.08 Å². The molecule has 4 nitrogen and oxygen atoms in total. The smallest absolute Gasteiger partial charge is 0.215 e. The number of hydrogen-bond donors (Lipinski definition) is 1. The van der Waals surface area contributed by atoms with Crippen molar-refractivity contribution in [2.24, 2.45) is 0 Å². The summed E-state index contributed by atoms with van der Waals surface area (Å²) in [6, 6.07) is 7.40. The Bertz CT molecular complexity index is 542. The van der Waals surface area contributed by atoms with Gasteiger partial charge in [0.15, 0.2) is 0 Å². The summed E-state index contributed by atoms with van der Waals surface area (Å²) in [6.07, 6.45) is 1.61. The summed E-state index contributed by atoms with van der Waals surface area (Å²) in [5, 5.41) is 0. The van der Waals surface area contributed by atoms with E-state index >= 15 is 0 Å². The number of rotatable bonds is 8. The third kappa shape index (κ3) is 4.85. The van der Waals surface area contributed by atoms with E-state index in [0.29, 0.717) is 18.0 Å². The highest BCUT2D eigenvalue weighted by Gasteiger charge is 2.23. The van der Waals surface area contributed by atoms with Crippen LogP contribution in [0, 0.1) is 0 Å². The molecule has 0 fully saturated rings. The van der Waals surface area contributed by atoms with Crippen molar-refractivity contribution in [3.8, 4) is 0 Å². The van der Waals surface area contributed by atoms with Crippen LogP contribution in [0.5, 0.6) is 0 Å². The van der Waals surface area contributed by atoms with Crippen LogP contribution in [-0.2, 0) is 10.0 Å². The van der Waals surface area contributed by atoms with Crippen molar-refractivity contribution >= 4 is 27.5 Å². The van der Waals surface area contributed by atoms with Crippen LogP contribution < -0.4 is 5.73 Å². The zero-order valence-electron chi connectivity index (χ0n) is 12.0. The standard InChI is InChI=1S/C14H22N2O2S2/c1-4-9-16(12(2)3)20(17,18)11-10-19-14-8-6-5-7-13(14)15/h4-8,12H,1,9-11,15H2,2-3H3. The summed E-state index contributed by atoms with van der Waals surface area (Å²) >= 11 is 1.46. The molecule has 0 saturated carbocycles. The highest BCUT2D eigenvalue weighted by Crippen LogP contribution is 2.24. The monoisotopic (exact) mass is 314 g/mol. The quantitative estimate of drug-likeness (QED) is 0.455. The van der Waals surface area contributed by atoms with Crippen LogP contribution in [0.15, 0.2) is 41.8 Å². The molecular formula is C14H22N2O2S2. The lowest BCUT2D eigenvalue weighted by Crippen LogP contribution is -2.39. The topological polar surface area (TPSA) is 63.4 Å². The van der Waals surface area contributed by atoms with Crippen LogP contribution in [0.1, 0.15) is 13.8 Å². The molecule has 2 N–H and O–H groups in total. The highest BCUT2D eigenvalue weighted by molar-refractivity contribution is 8.00. The van der Waals surface area contributed by atoms with Gasteiger partial charge >= 0.3 is 0 Å². The number of nitrogen functional groups attached to an aromatic ring is 1. The van der Waals surface area contributed by atoms with Crippen molar-refractivity contribution in [2.75, 3.05) is 23.8 Å². The van der Waals surface area contributed by atoms with Gasteiger partial charge in [0.25, 0.3) is 0 Å². The zero-order valence-corrected chi connectivity index (χ0v) is 13.6. The Morgan fingerprint density at radius 1 is 1.40 bits per heavy atom. The lowest BCUT2D eigenvalue weighted by atomic mass is 10.3. The molecule has 0 bridgehead atoms. The first-order chi connectivity index (χ1) is 9.38. The van der Waals surface area contributed by atoms with Crippen molar-refractivity contribution in [3.05, 3.63) is 36.9 Å². The molecule has 1 aromatic carbocycles. The molecule has 0 heterocycles. The maximum atomic E-state index is 12.3. The lowest BCUT2D eigenvalue weighted by Gasteiger charge is -2.24. The molecule has 1 rings (SSSR count). The van der Waals surface area contributed by atoms with Gasteiger partial charge in [-0.2, -0.15) is 4.31 Å². The molecule has 0 aliphatic carbocycles. The SMILES string of the molecule is C=CCN(C(C)C)S(=O)(=O)CCSc1ccccc1N. The molecule has 0 radical (unpaired) electrons. The minimum atomic E-state index is -3.27. The largest absolute Gasteiger partial charge is 0.398 e. The number of benzene rings is 1. The molecule has 0 aromatic heterocycles. The summed E-state index contributed by atoms with van der Waals surface area (Å²) in [5.74, 6) is 0.578. The van der Waals surface area contributed by atoms with Gasteiger partial charge in [0.1, 0.15) is 0 Å². The molecule has 6 heteroatoms. The molecule has 0 spiro atoms. The first-order valence-corrected chi connectivity index (χ1v) is 9.05. The van der Waals surface area contributed by atoms with Crippen LogP contribution in [0.4, 0.5) is 5.69 Å². The Hall–Kier alpha value is -0.980. The van der Waals surface area contributed by atoms with E-state index in [0.717, 1.165) is 4.90 Å². The maximum Gasteiger partial charge on any atom is 0.215 e. The Labute approximate surface area is 126 Å². The lowest BCUT2D eigenvalue weighted by molar-refractivity contribution is 0.384. The van der Waals surface area contributed by atoms with Gasteiger partial charge in [0.2, 0.25) is 10.0 Å². The van der Waals surface area contributed by atoms with Crippen molar-refractivity contribution < 1.29 is 8.42 Å². The predicted octanol–water partition coefficient (Wildman–Crippen LogP) is 2.59. The predicted molar refractivity (Wildman–Crippen MR) is 87.4 cm³/mol. The van der Waals surface area contributed by atoms with E-state index in [-0.39, 0.29) is 11.8 Å². The Kier molecular flexibility index (Phi) is 6.58. The molecule has 0 aliphatic rings. The first-order valence-electron chi connectivity index (χ1n) is 6.46. The van der Waals surface area contributed by atoms with Crippen LogP contribution in [0.25, 0.3) is 0 Å². The number of thioether (sulfide) groups is 1. The van der Waals surface area contributed by atoms with E-state index in [4.69, 9.17) is 5.73 Å². The number of hydrogen-bond acceptors (Lipinski definition) is 4. The number of nitrogens with two attached hydrogens (primary N) is 1. The fourth-order valence-corrected chi connectivity index (χ4v) is 4.77. The highest BCUT2D eigenvalue weighted by atomic mass is 32.2. The maximum absolute atomic E-state index is 12.3. The van der Waals surface area contributed by atoms with Crippen LogP contribution in [-0.4, -0.2) is 36.8 Å². The van der Waals surface area contributed by atoms with E-state index < -0.39 is 10.0 Å². The van der Waals surface area contributed by atoms with Crippen molar-refractivity contribution in [1.29, 1.82) is 0 Å². The summed E-state index contributed by atoms with van der Waals surface area (Å²) in [4.78, 5) is 0.919. The van der Waals surface area contributed by atoms with Gasteiger partial charge in [-0.25, -0.2) is 8.42 Å².